The zero-order valence-electron chi connectivity index (χ0n) is 18.5. The number of rotatable bonds is 8. The summed E-state index contributed by atoms with van der Waals surface area (Å²) in [5.74, 6) is -1.18. The van der Waals surface area contributed by atoms with Gasteiger partial charge in [-0.15, -0.1) is 11.3 Å². The second-order valence-corrected chi connectivity index (χ2v) is 10.5. The van der Waals surface area contributed by atoms with Crippen molar-refractivity contribution in [3.8, 4) is 16.3 Å². The number of hydrogen-bond donors (Lipinski definition) is 0. The molecule has 0 aliphatic heterocycles. The fraction of sp³-hybridized carbons (Fsp3) is 0.273. The third-order valence-electron chi connectivity index (χ3n) is 5.10. The van der Waals surface area contributed by atoms with E-state index in [0.29, 0.717) is 28.3 Å². The molecule has 0 unspecified atom stereocenters. The largest absolute Gasteiger partial charge is 0.497 e. The third-order valence-corrected chi connectivity index (χ3v) is 8.35. The van der Waals surface area contributed by atoms with Crippen LogP contribution in [0.15, 0.2) is 51.3 Å². The number of halogens is 3. The molecule has 35 heavy (non-hydrogen) atoms. The van der Waals surface area contributed by atoms with E-state index in [-0.39, 0.29) is 34.2 Å². The molecule has 0 fully saturated rings. The lowest BCUT2D eigenvalue weighted by atomic mass is 10.1. The average Bonchev–Trinajstić information content (AvgIpc) is 3.55. The molecule has 1 aromatic carbocycles. The van der Waals surface area contributed by atoms with E-state index in [1.807, 2.05) is 0 Å². The number of nitrogens with zero attached hydrogens (tertiary/aromatic N) is 2. The number of esters is 1. The summed E-state index contributed by atoms with van der Waals surface area (Å²) in [5.41, 5.74) is 0.833. The smallest absolute Gasteiger partial charge is 0.452 e. The van der Waals surface area contributed by atoms with Gasteiger partial charge in [-0.2, -0.15) is 21.6 Å². The highest BCUT2D eigenvalue weighted by Gasteiger charge is 2.36. The summed E-state index contributed by atoms with van der Waals surface area (Å²) in [6.07, 6.45) is -2.99. The number of ether oxygens (including phenoxy) is 2. The number of alkyl halides is 3. The average molecular weight is 529 g/mol. The lowest BCUT2D eigenvalue weighted by Crippen LogP contribution is -2.10. The molecule has 0 amide bonds. The van der Waals surface area contributed by atoms with E-state index in [0.717, 1.165) is 15.3 Å². The minimum Gasteiger partial charge on any atom is -0.497 e. The quantitative estimate of drug-likeness (QED) is 0.293. The summed E-state index contributed by atoms with van der Waals surface area (Å²) >= 11 is 0.765. The molecular formula is C22H19F3N2O6S2. The highest BCUT2D eigenvalue weighted by Crippen LogP contribution is 2.37. The molecule has 0 aliphatic rings. The summed E-state index contributed by atoms with van der Waals surface area (Å²) in [6, 6.07) is 8.25. The maximum Gasteiger partial charge on any atom is 0.452 e. The zero-order chi connectivity index (χ0) is 25.4. The molecule has 13 heteroatoms. The SMILES string of the molecule is CCOC(=O)CCc1cn(S(=O)(=O)c2ccc(-c3cc(C(F)(F)F)on3)s2)c2ccc(OC)cc12. The van der Waals surface area contributed by atoms with Crippen LogP contribution in [0, 0.1) is 0 Å². The van der Waals surface area contributed by atoms with Gasteiger partial charge in [0, 0.05) is 24.1 Å². The highest BCUT2D eigenvalue weighted by molar-refractivity contribution is 7.92. The van der Waals surface area contributed by atoms with Gasteiger partial charge in [-0.3, -0.25) is 4.79 Å². The summed E-state index contributed by atoms with van der Waals surface area (Å²) in [5, 5.41) is 3.99. The van der Waals surface area contributed by atoms with Crippen LogP contribution in [0.25, 0.3) is 21.5 Å². The van der Waals surface area contributed by atoms with Gasteiger partial charge in [-0.25, -0.2) is 3.97 Å². The van der Waals surface area contributed by atoms with Crippen molar-refractivity contribution in [1.29, 1.82) is 0 Å². The van der Waals surface area contributed by atoms with Gasteiger partial charge in [0.15, 0.2) is 0 Å². The Morgan fingerprint density at radius 2 is 1.97 bits per heavy atom. The first-order valence-corrected chi connectivity index (χ1v) is 12.5. The second-order valence-electron chi connectivity index (χ2n) is 7.34. The molecule has 0 aliphatic carbocycles. The predicted octanol–water partition coefficient (Wildman–Crippen LogP) is 5.12. The number of carbonyl (C=O) groups is 1. The fourth-order valence-corrected chi connectivity index (χ4v) is 6.20. The molecular weight excluding hydrogens is 509 g/mol. The molecule has 4 aromatic rings. The van der Waals surface area contributed by atoms with Gasteiger partial charge in [-0.1, -0.05) is 5.16 Å². The van der Waals surface area contributed by atoms with E-state index in [4.69, 9.17) is 9.47 Å². The first kappa shape index (κ1) is 24.8. The Kier molecular flexibility index (Phi) is 6.64. The molecule has 8 nitrogen and oxygen atoms in total. The molecule has 4 rings (SSSR count). The number of hydrogen-bond acceptors (Lipinski definition) is 8. The van der Waals surface area contributed by atoms with Gasteiger partial charge >= 0.3 is 12.1 Å². The second kappa shape index (κ2) is 9.38. The number of aryl methyl sites for hydroxylation is 1. The standard InChI is InChI=1S/C22H19F3N2O6S2/c1-3-32-20(28)8-4-13-12-27(17-6-5-14(31-2)10-15(13)17)35(29,30)21-9-7-18(34-21)16-11-19(33-26-16)22(23,24)25/h5-7,9-12H,3-4,8H2,1-2H3. The van der Waals surface area contributed by atoms with Gasteiger partial charge in [0.2, 0.25) is 5.76 Å². The normalized spacial score (nSPS) is 12.3. The Morgan fingerprint density at radius 3 is 2.63 bits per heavy atom. The molecule has 0 radical (unpaired) electrons. The van der Waals surface area contributed by atoms with Crippen LogP contribution in [0.3, 0.4) is 0 Å². The van der Waals surface area contributed by atoms with E-state index in [1.165, 1.54) is 25.4 Å². The number of fused-ring (bicyclic) bond motifs is 1. The molecule has 3 aromatic heterocycles. The van der Waals surface area contributed by atoms with Gasteiger partial charge in [-0.05, 0) is 49.2 Å². The van der Waals surface area contributed by atoms with Crippen molar-refractivity contribution < 1.29 is 40.4 Å². The minimum absolute atomic E-state index is 0.0566. The maximum atomic E-state index is 13.5. The summed E-state index contributed by atoms with van der Waals surface area (Å²) in [4.78, 5) is 12.0. The fourth-order valence-electron chi connectivity index (χ4n) is 3.46. The van der Waals surface area contributed by atoms with Crippen LogP contribution in [-0.4, -0.2) is 37.2 Å². The molecule has 0 spiro atoms. The first-order chi connectivity index (χ1) is 16.5. The number of thiophene rings is 1. The Balaban J connectivity index is 1.73. The summed E-state index contributed by atoms with van der Waals surface area (Å²) in [6.45, 7) is 1.93. The van der Waals surface area contributed by atoms with Gasteiger partial charge in [0.05, 0.1) is 24.1 Å². The first-order valence-electron chi connectivity index (χ1n) is 10.3. The topological polar surface area (TPSA) is 101 Å². The molecule has 186 valence electrons. The Labute approximate surface area is 201 Å². The highest BCUT2D eigenvalue weighted by atomic mass is 32.2. The van der Waals surface area contributed by atoms with Crippen LogP contribution in [-0.2, 0) is 32.2 Å². The van der Waals surface area contributed by atoms with Crippen molar-refractivity contribution in [2.24, 2.45) is 0 Å². The van der Waals surface area contributed by atoms with E-state index in [9.17, 15) is 26.4 Å². The van der Waals surface area contributed by atoms with Crippen molar-refractivity contribution >= 4 is 38.2 Å². The minimum atomic E-state index is -4.71. The molecule has 0 saturated carbocycles. The van der Waals surface area contributed by atoms with Crippen molar-refractivity contribution in [2.75, 3.05) is 13.7 Å². The molecule has 0 bridgehead atoms. The molecule has 0 atom stereocenters. The van der Waals surface area contributed by atoms with E-state index in [1.54, 1.807) is 25.1 Å². The Hall–Kier alpha value is -3.32. The number of benzene rings is 1. The van der Waals surface area contributed by atoms with Gasteiger partial charge in [0.1, 0.15) is 15.7 Å². The monoisotopic (exact) mass is 528 g/mol. The lowest BCUT2D eigenvalue weighted by molar-refractivity contribution is -0.155. The molecule has 0 saturated heterocycles. The van der Waals surface area contributed by atoms with E-state index >= 15 is 0 Å². The van der Waals surface area contributed by atoms with Crippen molar-refractivity contribution in [3.63, 3.8) is 0 Å². The van der Waals surface area contributed by atoms with E-state index in [2.05, 4.69) is 9.68 Å². The molecule has 0 N–H and O–H groups in total. The maximum absolute atomic E-state index is 13.5. The van der Waals surface area contributed by atoms with Crippen molar-refractivity contribution in [1.82, 2.24) is 9.13 Å². The third kappa shape index (κ3) is 4.91. The van der Waals surface area contributed by atoms with Crippen LogP contribution in [0.4, 0.5) is 13.2 Å². The predicted molar refractivity (Wildman–Crippen MR) is 121 cm³/mol. The van der Waals surface area contributed by atoms with Gasteiger partial charge in [0.25, 0.3) is 10.0 Å². The summed E-state index contributed by atoms with van der Waals surface area (Å²) in [7, 11) is -2.64. The van der Waals surface area contributed by atoms with Crippen molar-refractivity contribution in [3.05, 3.63) is 53.9 Å². The molecule has 3 heterocycles. The van der Waals surface area contributed by atoms with E-state index < -0.39 is 27.9 Å². The lowest BCUT2D eigenvalue weighted by Gasteiger charge is -2.06. The number of aromatic nitrogens is 2. The van der Waals surface area contributed by atoms with Gasteiger partial charge < -0.3 is 14.0 Å². The van der Waals surface area contributed by atoms with Crippen LogP contribution < -0.4 is 4.74 Å². The van der Waals surface area contributed by atoms with Crippen LogP contribution >= 0.6 is 11.3 Å². The Bertz CT molecular complexity index is 1480. The Morgan fingerprint density at radius 1 is 1.20 bits per heavy atom. The number of methoxy groups -OCH3 is 1. The zero-order valence-corrected chi connectivity index (χ0v) is 20.1. The van der Waals surface area contributed by atoms with Crippen molar-refractivity contribution in [2.45, 2.75) is 30.2 Å². The van der Waals surface area contributed by atoms with Crippen LogP contribution in [0.5, 0.6) is 5.75 Å². The number of carbonyl (C=O) groups excluding carboxylic acids is 1. The summed E-state index contributed by atoms with van der Waals surface area (Å²) < 4.78 is 81.0. The van der Waals surface area contributed by atoms with Crippen LogP contribution in [0.1, 0.15) is 24.7 Å². The van der Waals surface area contributed by atoms with Crippen LogP contribution in [0.2, 0.25) is 0 Å².